The van der Waals surface area contributed by atoms with Crippen molar-refractivity contribution < 1.29 is 13.9 Å². The Hall–Kier alpha value is -2.25. The van der Waals surface area contributed by atoms with Crippen molar-refractivity contribution in [3.8, 4) is 0 Å². The summed E-state index contributed by atoms with van der Waals surface area (Å²) in [6.45, 7) is 0.905. The summed E-state index contributed by atoms with van der Waals surface area (Å²) in [7, 11) is 0. The topological polar surface area (TPSA) is 100 Å². The maximum Gasteiger partial charge on any atom is 0.274 e. The quantitative estimate of drug-likeness (QED) is 0.487. The van der Waals surface area contributed by atoms with Gasteiger partial charge < -0.3 is 26.5 Å². The highest BCUT2D eigenvalue weighted by Crippen LogP contribution is 2.39. The van der Waals surface area contributed by atoms with Gasteiger partial charge in [0.15, 0.2) is 5.83 Å². The van der Waals surface area contributed by atoms with Gasteiger partial charge in [-0.15, -0.1) is 0 Å². The molecule has 1 aromatic carbocycles. The summed E-state index contributed by atoms with van der Waals surface area (Å²) in [5.41, 5.74) is 6.39. The third-order valence-electron chi connectivity index (χ3n) is 4.80. The van der Waals surface area contributed by atoms with Gasteiger partial charge in [0.1, 0.15) is 11.8 Å². The molecule has 126 valence electrons. The Bertz CT molecular complexity index is 727. The Morgan fingerprint density at radius 3 is 2.54 bits per heavy atom. The van der Waals surface area contributed by atoms with Crippen molar-refractivity contribution in [1.29, 1.82) is 5.41 Å². The van der Waals surface area contributed by atoms with Gasteiger partial charge in [-0.25, -0.2) is 4.39 Å². The minimum absolute atomic E-state index is 0.0509. The van der Waals surface area contributed by atoms with Gasteiger partial charge in [-0.3, -0.25) is 4.79 Å². The first-order valence-corrected chi connectivity index (χ1v) is 8.09. The van der Waals surface area contributed by atoms with Crippen LogP contribution in [0.5, 0.6) is 0 Å². The van der Waals surface area contributed by atoms with E-state index in [-0.39, 0.29) is 17.7 Å². The fourth-order valence-corrected chi connectivity index (χ4v) is 3.00. The van der Waals surface area contributed by atoms with Crippen molar-refractivity contribution in [2.45, 2.75) is 31.1 Å². The molecule has 2 heterocycles. The predicted molar refractivity (Wildman–Crippen MR) is 87.2 cm³/mol. The molecule has 4 rings (SSSR count). The van der Waals surface area contributed by atoms with Crippen molar-refractivity contribution in [1.82, 2.24) is 5.32 Å². The zero-order valence-corrected chi connectivity index (χ0v) is 13.0. The van der Waals surface area contributed by atoms with Crippen molar-refractivity contribution in [2.24, 2.45) is 11.7 Å². The van der Waals surface area contributed by atoms with Crippen LogP contribution in [0.1, 0.15) is 24.5 Å². The van der Waals surface area contributed by atoms with Gasteiger partial charge in [0.05, 0.1) is 17.9 Å². The molecule has 1 saturated carbocycles. The lowest BCUT2D eigenvalue weighted by Crippen LogP contribution is -2.69. The van der Waals surface area contributed by atoms with Gasteiger partial charge in [0.2, 0.25) is 0 Å². The fourth-order valence-electron chi connectivity index (χ4n) is 3.00. The summed E-state index contributed by atoms with van der Waals surface area (Å²) in [5.74, 6) is -1.75. The number of ether oxygens (including phenoxy) is 1. The van der Waals surface area contributed by atoms with Crippen LogP contribution in [0.15, 0.2) is 35.8 Å². The number of fused-ring (bicyclic) bond motifs is 1. The molecule has 7 heteroatoms. The molecular formula is C17H19FN4O2. The number of anilines is 1. The van der Waals surface area contributed by atoms with E-state index in [1.807, 2.05) is 12.1 Å². The van der Waals surface area contributed by atoms with Crippen molar-refractivity contribution in [2.75, 3.05) is 11.9 Å². The zero-order valence-electron chi connectivity index (χ0n) is 13.0. The number of nitrogens with two attached hydrogens (primary N) is 1. The monoisotopic (exact) mass is 330 g/mol. The normalized spacial score (nSPS) is 28.8. The molecule has 2 aliphatic heterocycles. The summed E-state index contributed by atoms with van der Waals surface area (Å²) in [5, 5.41) is 13.5. The summed E-state index contributed by atoms with van der Waals surface area (Å²) in [6, 6.07) is 7.60. The smallest absolute Gasteiger partial charge is 0.274 e. The second-order valence-electron chi connectivity index (χ2n) is 6.52. The molecule has 0 bridgehead atoms. The molecular weight excluding hydrogens is 311 g/mol. The Kier molecular flexibility index (Phi) is 3.62. The van der Waals surface area contributed by atoms with E-state index in [1.54, 1.807) is 12.1 Å². The molecule has 2 saturated heterocycles. The van der Waals surface area contributed by atoms with Gasteiger partial charge in [-0.1, -0.05) is 12.1 Å². The number of carbonyl (C=O) groups excluding carboxylic acids is 1. The summed E-state index contributed by atoms with van der Waals surface area (Å²) in [6.07, 6.45) is 1.93. The van der Waals surface area contributed by atoms with Crippen LogP contribution in [-0.2, 0) is 9.53 Å². The molecule has 1 amide bonds. The molecule has 3 fully saturated rings. The molecule has 5 N–H and O–H groups in total. The third-order valence-corrected chi connectivity index (χ3v) is 4.80. The summed E-state index contributed by atoms with van der Waals surface area (Å²) in [4.78, 5) is 12.0. The summed E-state index contributed by atoms with van der Waals surface area (Å²) >= 11 is 0. The second kappa shape index (κ2) is 5.68. The third kappa shape index (κ3) is 2.59. The molecule has 24 heavy (non-hydrogen) atoms. The van der Waals surface area contributed by atoms with Crippen LogP contribution >= 0.6 is 0 Å². The van der Waals surface area contributed by atoms with Crippen LogP contribution in [0, 0.1) is 11.3 Å². The van der Waals surface area contributed by atoms with Crippen LogP contribution < -0.4 is 16.4 Å². The van der Waals surface area contributed by atoms with Crippen LogP contribution in [0.3, 0.4) is 0 Å². The summed E-state index contributed by atoms with van der Waals surface area (Å²) < 4.78 is 19.7. The molecule has 1 aromatic rings. The SMILES string of the molecule is N=C(/C(F)=C(\N)C(=O)Nc1ccc([C@@H]2OC3CN[C@H]32)cc1)C1CC1. The first kappa shape index (κ1) is 15.3. The highest BCUT2D eigenvalue weighted by atomic mass is 19.1. The van der Waals surface area contributed by atoms with Gasteiger partial charge in [0, 0.05) is 18.2 Å². The zero-order chi connectivity index (χ0) is 16.8. The Balaban J connectivity index is 1.40. The van der Waals surface area contributed by atoms with E-state index >= 15 is 0 Å². The minimum Gasteiger partial charge on any atom is -0.392 e. The van der Waals surface area contributed by atoms with E-state index < -0.39 is 17.4 Å². The molecule has 1 unspecified atom stereocenters. The number of benzene rings is 1. The number of hydrogen-bond acceptors (Lipinski definition) is 5. The minimum atomic E-state index is -0.920. The lowest BCUT2D eigenvalue weighted by atomic mass is 9.86. The average molecular weight is 330 g/mol. The van der Waals surface area contributed by atoms with Crippen LogP contribution in [-0.4, -0.2) is 30.3 Å². The Morgan fingerprint density at radius 1 is 1.33 bits per heavy atom. The molecule has 0 radical (unpaired) electrons. The van der Waals surface area contributed by atoms with Crippen molar-refractivity contribution in [3.05, 3.63) is 41.4 Å². The number of nitrogens with one attached hydrogen (secondary N) is 3. The highest BCUT2D eigenvalue weighted by molar-refractivity contribution is 6.10. The largest absolute Gasteiger partial charge is 0.392 e. The maximum atomic E-state index is 14.0. The van der Waals surface area contributed by atoms with E-state index in [0.717, 1.165) is 24.9 Å². The molecule has 0 spiro atoms. The molecule has 3 atom stereocenters. The van der Waals surface area contributed by atoms with E-state index in [9.17, 15) is 9.18 Å². The van der Waals surface area contributed by atoms with Gasteiger partial charge in [-0.2, -0.15) is 0 Å². The Morgan fingerprint density at radius 2 is 2.04 bits per heavy atom. The number of carbonyl (C=O) groups is 1. The number of allylic oxidation sites excluding steroid dienone is 1. The van der Waals surface area contributed by atoms with Gasteiger partial charge in [-0.05, 0) is 30.5 Å². The standard InChI is InChI=1S/C17H19FN4O2/c18-12(13(19)8-1-2-8)14(20)17(23)22-10-5-3-9(4-6-10)16-15-11(24-16)7-21-15/h3-6,8,11,15-16,19,21H,1-2,7,20H2,(H,22,23)/b14-12+,19-13?/t11?,15-,16+/m1/s1. The molecule has 3 aliphatic rings. The van der Waals surface area contributed by atoms with Crippen LogP contribution in [0.2, 0.25) is 0 Å². The number of amides is 1. The lowest BCUT2D eigenvalue weighted by molar-refractivity contribution is -0.203. The highest BCUT2D eigenvalue weighted by Gasteiger charge is 2.49. The first-order chi connectivity index (χ1) is 11.5. The number of morpholine rings is 1. The van der Waals surface area contributed by atoms with Gasteiger partial charge in [0.25, 0.3) is 5.91 Å². The van der Waals surface area contributed by atoms with E-state index in [1.165, 1.54) is 0 Å². The Labute approximate surface area is 138 Å². The van der Waals surface area contributed by atoms with E-state index in [4.69, 9.17) is 15.9 Å². The molecule has 6 nitrogen and oxygen atoms in total. The second-order valence-corrected chi connectivity index (χ2v) is 6.52. The van der Waals surface area contributed by atoms with Gasteiger partial charge >= 0.3 is 0 Å². The van der Waals surface area contributed by atoms with Crippen LogP contribution in [0.25, 0.3) is 0 Å². The number of hydrogen-bond donors (Lipinski definition) is 4. The number of rotatable bonds is 5. The van der Waals surface area contributed by atoms with Crippen molar-refractivity contribution in [3.63, 3.8) is 0 Å². The predicted octanol–water partition coefficient (Wildman–Crippen LogP) is 1.61. The maximum absolute atomic E-state index is 14.0. The van der Waals surface area contributed by atoms with E-state index in [0.29, 0.717) is 17.8 Å². The van der Waals surface area contributed by atoms with Crippen molar-refractivity contribution >= 4 is 17.3 Å². The fraction of sp³-hybridized carbons (Fsp3) is 0.412. The van der Waals surface area contributed by atoms with Crippen LogP contribution in [0.4, 0.5) is 10.1 Å². The average Bonchev–Trinajstić information content (AvgIpc) is 3.41. The first-order valence-electron chi connectivity index (χ1n) is 8.09. The molecule has 0 aromatic heterocycles. The van der Waals surface area contributed by atoms with E-state index in [2.05, 4.69) is 10.6 Å². The molecule has 1 aliphatic carbocycles. The number of halogens is 1. The lowest BCUT2D eigenvalue weighted by Gasteiger charge is -2.53.